The first-order valence-electron chi connectivity index (χ1n) is 5.71. The number of benzene rings is 1. The van der Waals surface area contributed by atoms with Crippen LogP contribution in [0.2, 0.25) is 0 Å². The van der Waals surface area contributed by atoms with E-state index in [0.29, 0.717) is 0 Å². The van der Waals surface area contributed by atoms with E-state index in [-0.39, 0.29) is 12.4 Å². The maximum atomic E-state index is 3.41. The van der Waals surface area contributed by atoms with Gasteiger partial charge in [-0.15, -0.1) is 12.4 Å². The number of H-pyrrole nitrogens is 1. The second-order valence-corrected chi connectivity index (χ2v) is 4.35. The van der Waals surface area contributed by atoms with Crippen LogP contribution in [0.4, 0.5) is 0 Å². The molecule has 1 fully saturated rings. The Morgan fingerprint density at radius 3 is 2.69 bits per heavy atom. The van der Waals surface area contributed by atoms with Gasteiger partial charge >= 0.3 is 0 Å². The Balaban J connectivity index is 0.000000963. The van der Waals surface area contributed by atoms with E-state index in [1.54, 1.807) is 0 Å². The normalized spacial score (nSPS) is 17.2. The molecule has 3 rings (SSSR count). The van der Waals surface area contributed by atoms with Crippen LogP contribution in [0.1, 0.15) is 24.3 Å². The average molecular weight is 237 g/mol. The summed E-state index contributed by atoms with van der Waals surface area (Å²) in [7, 11) is 0. The van der Waals surface area contributed by atoms with Crippen LogP contribution in [0.15, 0.2) is 30.5 Å². The van der Waals surface area contributed by atoms with Crippen LogP contribution in [-0.2, 0) is 0 Å². The second kappa shape index (κ2) is 4.89. The maximum Gasteiger partial charge on any atom is 0.0456 e. The lowest BCUT2D eigenvalue weighted by Gasteiger charge is -2.22. The van der Waals surface area contributed by atoms with Crippen molar-refractivity contribution in [2.24, 2.45) is 0 Å². The van der Waals surface area contributed by atoms with Gasteiger partial charge in [-0.3, -0.25) is 0 Å². The molecule has 2 aromatic rings. The number of nitrogens with one attached hydrogen (secondary N) is 2. The summed E-state index contributed by atoms with van der Waals surface area (Å²) in [5, 5.41) is 4.72. The third-order valence-electron chi connectivity index (χ3n) is 3.39. The molecule has 86 valence electrons. The number of aromatic amines is 1. The topological polar surface area (TPSA) is 27.8 Å². The van der Waals surface area contributed by atoms with Crippen LogP contribution in [0, 0.1) is 0 Å². The molecule has 0 atom stereocenters. The Morgan fingerprint density at radius 1 is 1.06 bits per heavy atom. The van der Waals surface area contributed by atoms with Crippen molar-refractivity contribution in [3.8, 4) is 0 Å². The molecular formula is C13H17ClN2. The van der Waals surface area contributed by atoms with E-state index in [1.165, 1.54) is 29.3 Å². The molecule has 1 aromatic carbocycles. The Morgan fingerprint density at radius 2 is 1.88 bits per heavy atom. The number of hydrogen-bond acceptors (Lipinski definition) is 1. The fourth-order valence-corrected chi connectivity index (χ4v) is 2.47. The standard InChI is InChI=1S/C13H16N2.ClH/c1-2-12(10-3-6-14-7-4-10)9-13-11(1)5-8-15-13;/h1-2,5,8-10,14-15H,3-4,6-7H2;1H. The number of hydrogen-bond donors (Lipinski definition) is 2. The fourth-order valence-electron chi connectivity index (χ4n) is 2.47. The predicted octanol–water partition coefficient (Wildman–Crippen LogP) is 3.06. The van der Waals surface area contributed by atoms with Crippen molar-refractivity contribution >= 4 is 23.3 Å². The summed E-state index contributed by atoms with van der Waals surface area (Å²) < 4.78 is 0. The quantitative estimate of drug-likeness (QED) is 0.783. The number of fused-ring (bicyclic) bond motifs is 1. The molecule has 3 heteroatoms. The van der Waals surface area contributed by atoms with Crippen LogP contribution in [0.5, 0.6) is 0 Å². The Labute approximate surface area is 102 Å². The predicted molar refractivity (Wildman–Crippen MR) is 70.4 cm³/mol. The average Bonchev–Trinajstić information content (AvgIpc) is 2.77. The molecule has 0 spiro atoms. The molecule has 0 radical (unpaired) electrons. The molecule has 2 heterocycles. The largest absolute Gasteiger partial charge is 0.361 e. The molecule has 2 N–H and O–H groups in total. The molecule has 0 saturated carbocycles. The lowest BCUT2D eigenvalue weighted by Crippen LogP contribution is -2.26. The van der Waals surface area contributed by atoms with Crippen LogP contribution < -0.4 is 5.32 Å². The highest BCUT2D eigenvalue weighted by Crippen LogP contribution is 2.27. The first-order valence-corrected chi connectivity index (χ1v) is 5.71. The second-order valence-electron chi connectivity index (χ2n) is 4.35. The summed E-state index contributed by atoms with van der Waals surface area (Å²) in [5.41, 5.74) is 2.76. The number of piperidine rings is 1. The highest BCUT2D eigenvalue weighted by molar-refractivity contribution is 5.85. The first kappa shape index (κ1) is 11.5. The van der Waals surface area contributed by atoms with Crippen LogP contribution in [0.25, 0.3) is 10.9 Å². The molecule has 0 amide bonds. The van der Waals surface area contributed by atoms with Crippen molar-refractivity contribution < 1.29 is 0 Å². The third-order valence-corrected chi connectivity index (χ3v) is 3.39. The minimum Gasteiger partial charge on any atom is -0.361 e. The Bertz CT molecular complexity index is 458. The van der Waals surface area contributed by atoms with E-state index in [0.717, 1.165) is 19.0 Å². The van der Waals surface area contributed by atoms with E-state index in [9.17, 15) is 0 Å². The molecular weight excluding hydrogens is 220 g/mol. The number of aromatic nitrogens is 1. The van der Waals surface area contributed by atoms with Crippen molar-refractivity contribution in [2.45, 2.75) is 18.8 Å². The van der Waals surface area contributed by atoms with Gasteiger partial charge < -0.3 is 10.3 Å². The van der Waals surface area contributed by atoms with Gasteiger partial charge in [-0.2, -0.15) is 0 Å². The minimum absolute atomic E-state index is 0. The third kappa shape index (κ3) is 2.08. The van der Waals surface area contributed by atoms with Crippen molar-refractivity contribution in [3.63, 3.8) is 0 Å². The van der Waals surface area contributed by atoms with Gasteiger partial charge in [-0.25, -0.2) is 0 Å². The van der Waals surface area contributed by atoms with Crippen molar-refractivity contribution in [3.05, 3.63) is 36.0 Å². The highest BCUT2D eigenvalue weighted by atomic mass is 35.5. The van der Waals surface area contributed by atoms with Gasteiger partial charge in [0.15, 0.2) is 0 Å². The zero-order valence-corrected chi connectivity index (χ0v) is 10.0. The molecule has 1 aliphatic heterocycles. The van der Waals surface area contributed by atoms with Crippen molar-refractivity contribution in [1.82, 2.24) is 10.3 Å². The fraction of sp³-hybridized carbons (Fsp3) is 0.385. The monoisotopic (exact) mass is 236 g/mol. The molecule has 1 aromatic heterocycles. The molecule has 1 saturated heterocycles. The number of rotatable bonds is 1. The van der Waals surface area contributed by atoms with Gasteiger partial charge in [0.1, 0.15) is 0 Å². The minimum atomic E-state index is 0. The maximum absolute atomic E-state index is 3.41. The lowest BCUT2D eigenvalue weighted by molar-refractivity contribution is 0.460. The number of halogens is 1. The van der Waals surface area contributed by atoms with Crippen LogP contribution >= 0.6 is 12.4 Å². The van der Waals surface area contributed by atoms with Crippen LogP contribution in [0.3, 0.4) is 0 Å². The summed E-state index contributed by atoms with van der Waals surface area (Å²) in [6, 6.07) is 8.95. The van der Waals surface area contributed by atoms with E-state index in [4.69, 9.17) is 0 Å². The summed E-state index contributed by atoms with van der Waals surface area (Å²) in [5.74, 6) is 0.749. The first-order chi connectivity index (χ1) is 7.43. The summed E-state index contributed by atoms with van der Waals surface area (Å²) >= 11 is 0. The van der Waals surface area contributed by atoms with Gasteiger partial charge in [0.25, 0.3) is 0 Å². The molecule has 0 aliphatic carbocycles. The smallest absolute Gasteiger partial charge is 0.0456 e. The Kier molecular flexibility index (Phi) is 3.52. The molecule has 2 nitrogen and oxygen atoms in total. The highest BCUT2D eigenvalue weighted by Gasteiger charge is 2.15. The molecule has 0 unspecified atom stereocenters. The molecule has 0 bridgehead atoms. The van der Waals surface area contributed by atoms with E-state index in [1.807, 2.05) is 6.20 Å². The van der Waals surface area contributed by atoms with E-state index < -0.39 is 0 Å². The Hall–Kier alpha value is -0.990. The van der Waals surface area contributed by atoms with E-state index in [2.05, 4.69) is 34.6 Å². The lowest BCUT2D eigenvalue weighted by atomic mass is 9.90. The summed E-state index contributed by atoms with van der Waals surface area (Å²) in [4.78, 5) is 3.28. The molecule has 16 heavy (non-hydrogen) atoms. The van der Waals surface area contributed by atoms with Gasteiger partial charge in [-0.1, -0.05) is 12.1 Å². The zero-order chi connectivity index (χ0) is 10.1. The SMILES string of the molecule is Cl.c1cc2ccc(C3CCNCC3)cc2[nH]1. The van der Waals surface area contributed by atoms with E-state index >= 15 is 0 Å². The molecule has 1 aliphatic rings. The van der Waals surface area contributed by atoms with Gasteiger partial charge in [0.05, 0.1) is 0 Å². The summed E-state index contributed by atoms with van der Waals surface area (Å²) in [6.45, 7) is 2.32. The van der Waals surface area contributed by atoms with Gasteiger partial charge in [-0.05, 0) is 54.9 Å². The zero-order valence-electron chi connectivity index (χ0n) is 9.20. The summed E-state index contributed by atoms with van der Waals surface area (Å²) in [6.07, 6.45) is 4.55. The van der Waals surface area contributed by atoms with Crippen molar-refractivity contribution in [1.29, 1.82) is 0 Å². The van der Waals surface area contributed by atoms with Gasteiger partial charge in [0, 0.05) is 11.7 Å². The van der Waals surface area contributed by atoms with Crippen molar-refractivity contribution in [2.75, 3.05) is 13.1 Å². The van der Waals surface area contributed by atoms with Gasteiger partial charge in [0.2, 0.25) is 0 Å². The van der Waals surface area contributed by atoms with Crippen LogP contribution in [-0.4, -0.2) is 18.1 Å².